The topological polar surface area (TPSA) is 113 Å². The van der Waals surface area contributed by atoms with Crippen LogP contribution in [0.4, 0.5) is 11.4 Å². The maximum Gasteiger partial charge on any atom is 0.288 e. The van der Waals surface area contributed by atoms with Gasteiger partial charge in [-0.1, -0.05) is 29.3 Å². The minimum absolute atomic E-state index is 0.0311. The molecule has 1 fully saturated rings. The van der Waals surface area contributed by atoms with Crippen molar-refractivity contribution in [3.8, 4) is 0 Å². The van der Waals surface area contributed by atoms with Crippen LogP contribution >= 0.6 is 23.2 Å². The molecule has 1 N–H and O–H groups in total. The average Bonchev–Trinajstić information content (AvgIpc) is 2.73. The number of hydrogen-bond acceptors (Lipinski definition) is 6. The quantitative estimate of drug-likeness (QED) is 0.475. The number of piperazine rings is 1. The number of nitrogens with one attached hydrogen (secondary N) is 1. The fourth-order valence-electron chi connectivity index (χ4n) is 3.22. The number of rotatable bonds is 7. The van der Waals surface area contributed by atoms with Crippen molar-refractivity contribution in [1.82, 2.24) is 9.62 Å². The molecular formula is C19H20Cl2N4O5S. The number of halogens is 2. The number of nitrogens with zero attached hydrogens (tertiary/aromatic N) is 3. The molecule has 9 nitrogen and oxygen atoms in total. The van der Waals surface area contributed by atoms with Crippen LogP contribution in [0.15, 0.2) is 42.5 Å². The Bertz CT molecular complexity index is 1090. The standard InChI is InChI=1S/C19H20Cl2N4O5S/c20-15-2-1-3-16(13-15)23-7-9-24(10-8-23)31(29,30)11-6-22-19(26)14-4-5-17(21)18(12-14)25(27)28/h1-5,12-13H,6-11H2,(H,22,26). The van der Waals surface area contributed by atoms with Crippen LogP contribution in [0, 0.1) is 10.1 Å². The zero-order valence-corrected chi connectivity index (χ0v) is 18.7. The van der Waals surface area contributed by atoms with E-state index in [1.54, 1.807) is 6.07 Å². The number of carbonyl (C=O) groups excluding carboxylic acids is 1. The van der Waals surface area contributed by atoms with Gasteiger partial charge in [0.25, 0.3) is 11.6 Å². The highest BCUT2D eigenvalue weighted by Gasteiger charge is 2.27. The van der Waals surface area contributed by atoms with Crippen LogP contribution in [-0.4, -0.2) is 62.0 Å². The molecule has 0 atom stereocenters. The first-order chi connectivity index (χ1) is 14.7. The van der Waals surface area contributed by atoms with Gasteiger partial charge in [0.1, 0.15) is 5.02 Å². The maximum absolute atomic E-state index is 12.6. The first-order valence-electron chi connectivity index (χ1n) is 9.38. The lowest BCUT2D eigenvalue weighted by atomic mass is 10.2. The van der Waals surface area contributed by atoms with Gasteiger partial charge in [0.2, 0.25) is 10.0 Å². The molecule has 31 heavy (non-hydrogen) atoms. The van der Waals surface area contributed by atoms with E-state index in [1.165, 1.54) is 16.4 Å². The van der Waals surface area contributed by atoms with Crippen molar-refractivity contribution in [2.24, 2.45) is 0 Å². The molecule has 0 unspecified atom stereocenters. The van der Waals surface area contributed by atoms with Crippen LogP contribution < -0.4 is 10.2 Å². The van der Waals surface area contributed by atoms with E-state index in [4.69, 9.17) is 23.2 Å². The van der Waals surface area contributed by atoms with E-state index < -0.39 is 20.9 Å². The Kier molecular flexibility index (Phi) is 7.37. The van der Waals surface area contributed by atoms with Gasteiger partial charge < -0.3 is 10.2 Å². The zero-order valence-electron chi connectivity index (χ0n) is 16.3. The number of amides is 1. The van der Waals surface area contributed by atoms with Crippen LogP contribution in [0.3, 0.4) is 0 Å². The van der Waals surface area contributed by atoms with Gasteiger partial charge in [0, 0.05) is 55.1 Å². The predicted octanol–water partition coefficient (Wildman–Crippen LogP) is 2.78. The highest BCUT2D eigenvalue weighted by atomic mass is 35.5. The van der Waals surface area contributed by atoms with Crippen molar-refractivity contribution in [2.75, 3.05) is 43.4 Å². The van der Waals surface area contributed by atoms with Gasteiger partial charge in [-0.05, 0) is 30.3 Å². The number of nitro groups is 1. The van der Waals surface area contributed by atoms with Gasteiger partial charge in [0.15, 0.2) is 0 Å². The molecule has 1 aliphatic rings. The van der Waals surface area contributed by atoms with E-state index in [2.05, 4.69) is 10.2 Å². The molecule has 12 heteroatoms. The third-order valence-electron chi connectivity index (χ3n) is 4.86. The second-order valence-corrected chi connectivity index (χ2v) is 9.79. The Morgan fingerprint density at radius 1 is 1.10 bits per heavy atom. The number of sulfonamides is 1. The molecule has 1 heterocycles. The van der Waals surface area contributed by atoms with E-state index >= 15 is 0 Å². The van der Waals surface area contributed by atoms with E-state index in [1.807, 2.05) is 18.2 Å². The van der Waals surface area contributed by atoms with Crippen LogP contribution in [0.25, 0.3) is 0 Å². The number of hydrogen-bond donors (Lipinski definition) is 1. The smallest absolute Gasteiger partial charge is 0.288 e. The predicted molar refractivity (Wildman–Crippen MR) is 119 cm³/mol. The summed E-state index contributed by atoms with van der Waals surface area (Å²) >= 11 is 11.8. The lowest BCUT2D eigenvalue weighted by molar-refractivity contribution is -0.384. The van der Waals surface area contributed by atoms with Gasteiger partial charge in [0.05, 0.1) is 10.7 Å². The normalized spacial score (nSPS) is 15.0. The molecule has 2 aromatic carbocycles. The first kappa shape index (κ1) is 23.3. The highest BCUT2D eigenvalue weighted by Crippen LogP contribution is 2.25. The second-order valence-electron chi connectivity index (χ2n) is 6.86. The number of carbonyl (C=O) groups is 1. The van der Waals surface area contributed by atoms with Gasteiger partial charge in [-0.2, -0.15) is 4.31 Å². The monoisotopic (exact) mass is 486 g/mol. The first-order valence-corrected chi connectivity index (χ1v) is 11.7. The van der Waals surface area contributed by atoms with Crippen LogP contribution in [0.1, 0.15) is 10.4 Å². The van der Waals surface area contributed by atoms with E-state index in [0.717, 1.165) is 11.8 Å². The van der Waals surface area contributed by atoms with Crippen molar-refractivity contribution in [1.29, 1.82) is 0 Å². The summed E-state index contributed by atoms with van der Waals surface area (Å²) in [6, 6.07) is 11.0. The fourth-order valence-corrected chi connectivity index (χ4v) is 4.92. The third kappa shape index (κ3) is 5.85. The Morgan fingerprint density at radius 2 is 1.81 bits per heavy atom. The molecule has 0 radical (unpaired) electrons. The van der Waals surface area contributed by atoms with E-state index in [-0.39, 0.29) is 28.6 Å². The van der Waals surface area contributed by atoms with Crippen LogP contribution in [-0.2, 0) is 10.0 Å². The summed E-state index contributed by atoms with van der Waals surface area (Å²) in [4.78, 5) is 24.5. The molecular weight excluding hydrogens is 467 g/mol. The molecule has 0 aliphatic carbocycles. The summed E-state index contributed by atoms with van der Waals surface area (Å²) in [6.45, 7) is 1.59. The Morgan fingerprint density at radius 3 is 2.45 bits per heavy atom. The lowest BCUT2D eigenvalue weighted by Gasteiger charge is -2.35. The summed E-state index contributed by atoms with van der Waals surface area (Å²) in [7, 11) is -3.57. The van der Waals surface area contributed by atoms with Crippen LogP contribution in [0.2, 0.25) is 10.0 Å². The molecule has 1 aliphatic heterocycles. The summed E-state index contributed by atoms with van der Waals surface area (Å²) in [5.41, 5.74) is 0.581. The molecule has 0 bridgehead atoms. The Hall–Kier alpha value is -2.40. The zero-order chi connectivity index (χ0) is 22.6. The van der Waals surface area contributed by atoms with Crippen molar-refractivity contribution in [3.63, 3.8) is 0 Å². The van der Waals surface area contributed by atoms with Gasteiger partial charge in [-0.25, -0.2) is 8.42 Å². The SMILES string of the molecule is O=C(NCCS(=O)(=O)N1CCN(c2cccc(Cl)c2)CC1)c1ccc(Cl)c([N+](=O)[O-])c1. The number of anilines is 1. The van der Waals surface area contributed by atoms with Gasteiger partial charge >= 0.3 is 0 Å². The van der Waals surface area contributed by atoms with Crippen molar-refractivity contribution >= 4 is 50.5 Å². The van der Waals surface area contributed by atoms with Crippen molar-refractivity contribution in [2.45, 2.75) is 0 Å². The molecule has 166 valence electrons. The summed E-state index contributed by atoms with van der Waals surface area (Å²) in [6.07, 6.45) is 0. The Labute approximate surface area is 189 Å². The molecule has 0 spiro atoms. The molecule has 0 saturated carbocycles. The van der Waals surface area contributed by atoms with E-state index in [0.29, 0.717) is 31.2 Å². The Balaban J connectivity index is 1.52. The van der Waals surface area contributed by atoms with Gasteiger partial charge in [-0.15, -0.1) is 0 Å². The number of benzene rings is 2. The highest BCUT2D eigenvalue weighted by molar-refractivity contribution is 7.89. The third-order valence-corrected chi connectivity index (χ3v) is 7.28. The fraction of sp³-hybridized carbons (Fsp3) is 0.316. The summed E-state index contributed by atoms with van der Waals surface area (Å²) < 4.78 is 26.6. The summed E-state index contributed by atoms with van der Waals surface area (Å²) in [5.74, 6) is -0.883. The number of nitro benzene ring substituents is 1. The van der Waals surface area contributed by atoms with E-state index in [9.17, 15) is 23.3 Å². The lowest BCUT2D eigenvalue weighted by Crippen LogP contribution is -2.50. The summed E-state index contributed by atoms with van der Waals surface area (Å²) in [5, 5.41) is 14.0. The van der Waals surface area contributed by atoms with Crippen molar-refractivity contribution < 1.29 is 18.1 Å². The molecule has 2 aromatic rings. The maximum atomic E-state index is 12.6. The van der Waals surface area contributed by atoms with Gasteiger partial charge in [-0.3, -0.25) is 14.9 Å². The molecule has 0 aromatic heterocycles. The minimum Gasteiger partial charge on any atom is -0.369 e. The molecule has 1 amide bonds. The second kappa shape index (κ2) is 9.82. The molecule has 1 saturated heterocycles. The largest absolute Gasteiger partial charge is 0.369 e. The minimum atomic E-state index is -3.57. The van der Waals surface area contributed by atoms with Crippen molar-refractivity contribution in [3.05, 3.63) is 68.2 Å². The molecule has 3 rings (SSSR count). The average molecular weight is 487 g/mol. The van der Waals surface area contributed by atoms with Crippen LogP contribution in [0.5, 0.6) is 0 Å².